The van der Waals surface area contributed by atoms with E-state index in [4.69, 9.17) is 0 Å². The Morgan fingerprint density at radius 3 is 2.44 bits per heavy atom. The van der Waals surface area contributed by atoms with Gasteiger partial charge in [0.15, 0.2) is 5.71 Å². The van der Waals surface area contributed by atoms with E-state index < -0.39 is 0 Å². The zero-order valence-corrected chi connectivity index (χ0v) is 14.9. The first kappa shape index (κ1) is 16.8. The zero-order chi connectivity index (χ0) is 18.6. The molecule has 5 heteroatoms. The average molecular weight is 354 g/mol. The zero-order valence-electron chi connectivity index (χ0n) is 14.9. The van der Waals surface area contributed by atoms with Crippen LogP contribution < -0.4 is 4.90 Å². The van der Waals surface area contributed by atoms with E-state index in [1.807, 2.05) is 73.7 Å². The largest absolute Gasteiger partial charge is 0.302 e. The molecule has 4 rings (SSSR count). The van der Waals surface area contributed by atoms with Crippen molar-refractivity contribution in [3.63, 3.8) is 0 Å². The highest BCUT2D eigenvalue weighted by Crippen LogP contribution is 2.30. The molecular weight excluding hydrogens is 336 g/mol. The molecule has 0 unspecified atom stereocenters. The number of anilines is 1. The van der Waals surface area contributed by atoms with Gasteiger partial charge in [-0.25, -0.2) is 0 Å². The van der Waals surface area contributed by atoms with Crippen LogP contribution >= 0.6 is 0 Å². The molecule has 0 saturated carbocycles. The molecule has 0 aliphatic carbocycles. The monoisotopic (exact) mass is 354 g/mol. The molecule has 0 radical (unpaired) electrons. The van der Waals surface area contributed by atoms with Crippen LogP contribution in [-0.2, 0) is 11.3 Å². The Kier molecular flexibility index (Phi) is 4.58. The number of carbonyl (C=O) groups excluding carboxylic acids is 1. The average Bonchev–Trinajstić information content (AvgIpc) is 2.99. The highest BCUT2D eigenvalue weighted by Gasteiger charge is 2.33. The number of aromatic nitrogens is 1. The third kappa shape index (κ3) is 3.40. The van der Waals surface area contributed by atoms with Crippen molar-refractivity contribution in [2.24, 2.45) is 10.2 Å². The van der Waals surface area contributed by atoms with Crippen LogP contribution in [0, 0.1) is 0 Å². The van der Waals surface area contributed by atoms with Crippen molar-refractivity contribution < 1.29 is 4.79 Å². The van der Waals surface area contributed by atoms with E-state index >= 15 is 0 Å². The van der Waals surface area contributed by atoms with Crippen molar-refractivity contribution in [1.29, 1.82) is 0 Å². The minimum atomic E-state index is -0.133. The maximum atomic E-state index is 13.0. The summed E-state index contributed by atoms with van der Waals surface area (Å²) in [6.45, 7) is 2.37. The molecule has 2 heterocycles. The molecule has 1 aliphatic rings. The maximum absolute atomic E-state index is 13.0. The van der Waals surface area contributed by atoms with E-state index in [1.165, 1.54) is 0 Å². The third-order valence-electron chi connectivity index (χ3n) is 4.48. The summed E-state index contributed by atoms with van der Waals surface area (Å²) >= 11 is 0. The lowest BCUT2D eigenvalue weighted by Crippen LogP contribution is -2.29. The predicted molar refractivity (Wildman–Crippen MR) is 107 cm³/mol. The van der Waals surface area contributed by atoms with Crippen molar-refractivity contribution in [2.45, 2.75) is 13.5 Å². The summed E-state index contributed by atoms with van der Waals surface area (Å²) in [5, 5.41) is 8.60. The Labute approximate surface area is 157 Å². The van der Waals surface area contributed by atoms with E-state index in [1.54, 1.807) is 17.3 Å². The van der Waals surface area contributed by atoms with Gasteiger partial charge >= 0.3 is 0 Å². The van der Waals surface area contributed by atoms with Gasteiger partial charge in [-0.3, -0.25) is 9.78 Å². The summed E-state index contributed by atoms with van der Waals surface area (Å²) in [7, 11) is 0. The van der Waals surface area contributed by atoms with Crippen molar-refractivity contribution >= 4 is 23.0 Å². The van der Waals surface area contributed by atoms with E-state index in [9.17, 15) is 4.79 Å². The second-order valence-corrected chi connectivity index (χ2v) is 6.26. The fourth-order valence-electron chi connectivity index (χ4n) is 3.06. The molecule has 0 fully saturated rings. The van der Waals surface area contributed by atoms with Gasteiger partial charge in [0.05, 0.1) is 17.9 Å². The number of pyridine rings is 1. The summed E-state index contributed by atoms with van der Waals surface area (Å²) in [6, 6.07) is 21.4. The molecule has 1 amide bonds. The molecule has 2 aromatic carbocycles. The van der Waals surface area contributed by atoms with Gasteiger partial charge < -0.3 is 4.90 Å². The van der Waals surface area contributed by atoms with Crippen molar-refractivity contribution in [2.75, 3.05) is 4.90 Å². The molecule has 0 N–H and O–H groups in total. The Balaban J connectivity index is 1.69. The topological polar surface area (TPSA) is 57.9 Å². The lowest BCUT2D eigenvalue weighted by Gasteiger charge is -2.16. The first-order valence-electron chi connectivity index (χ1n) is 8.72. The van der Waals surface area contributed by atoms with Crippen molar-refractivity contribution in [3.8, 4) is 0 Å². The fraction of sp³-hybridized carbons (Fsp3) is 0.0909. The second kappa shape index (κ2) is 7.33. The van der Waals surface area contributed by atoms with E-state index in [0.717, 1.165) is 28.1 Å². The van der Waals surface area contributed by atoms with Gasteiger partial charge in [0.25, 0.3) is 5.91 Å². The number of benzene rings is 2. The number of hydrogen-bond donors (Lipinski definition) is 0. The smallest absolute Gasteiger partial charge is 0.279 e. The Morgan fingerprint density at radius 2 is 1.67 bits per heavy atom. The van der Waals surface area contributed by atoms with Gasteiger partial charge in [0, 0.05) is 23.5 Å². The lowest BCUT2D eigenvalue weighted by atomic mass is 10.1. The molecule has 3 aromatic rings. The molecule has 0 atom stereocenters. The van der Waals surface area contributed by atoms with Crippen LogP contribution in [-0.4, -0.2) is 22.3 Å². The molecule has 5 nitrogen and oxygen atoms in total. The molecule has 0 saturated heterocycles. The lowest BCUT2D eigenvalue weighted by molar-refractivity contribution is -0.112. The van der Waals surface area contributed by atoms with Gasteiger partial charge in [0.2, 0.25) is 0 Å². The van der Waals surface area contributed by atoms with Crippen LogP contribution in [0.2, 0.25) is 0 Å². The third-order valence-corrected chi connectivity index (χ3v) is 4.48. The fourth-order valence-corrected chi connectivity index (χ4v) is 3.06. The summed E-state index contributed by atoms with van der Waals surface area (Å²) in [5.74, 6) is -0.133. The second-order valence-electron chi connectivity index (χ2n) is 6.26. The van der Waals surface area contributed by atoms with Gasteiger partial charge in [-0.2, -0.15) is 5.10 Å². The summed E-state index contributed by atoms with van der Waals surface area (Å²) in [6.07, 6.45) is 3.41. The highest BCUT2D eigenvalue weighted by molar-refractivity contribution is 6.54. The first-order valence-corrected chi connectivity index (χ1v) is 8.72. The molecular formula is C22H18N4O. The number of fused-ring (bicyclic) bond motifs is 1. The normalized spacial score (nSPS) is 15.3. The number of para-hydroxylation sites is 1. The summed E-state index contributed by atoms with van der Waals surface area (Å²) < 4.78 is 0. The molecule has 0 bridgehead atoms. The molecule has 27 heavy (non-hydrogen) atoms. The van der Waals surface area contributed by atoms with Crippen LogP contribution in [0.3, 0.4) is 0 Å². The van der Waals surface area contributed by atoms with Crippen molar-refractivity contribution in [3.05, 3.63) is 95.8 Å². The Bertz CT molecular complexity index is 1030. The van der Waals surface area contributed by atoms with E-state index in [0.29, 0.717) is 12.3 Å². The maximum Gasteiger partial charge on any atom is 0.279 e. The van der Waals surface area contributed by atoms with Crippen LogP contribution in [0.5, 0.6) is 0 Å². The van der Waals surface area contributed by atoms with Crippen LogP contribution in [0.4, 0.5) is 5.69 Å². The first-order chi connectivity index (χ1) is 13.2. The van der Waals surface area contributed by atoms with Crippen molar-refractivity contribution in [1.82, 2.24) is 4.98 Å². The van der Waals surface area contributed by atoms with Crippen LogP contribution in [0.25, 0.3) is 0 Å². The standard InChI is InChI=1S/C22H18N4O/c1-16(18-11-13-23-14-12-18)24-25-21-19-9-5-6-10-20(19)26(22(21)27)15-17-7-3-2-4-8-17/h2-14H,15H2,1H3/b24-16-,25-21-. The van der Waals surface area contributed by atoms with E-state index in [-0.39, 0.29) is 5.91 Å². The Hall–Kier alpha value is -3.60. The number of rotatable bonds is 4. The number of carbonyl (C=O) groups is 1. The number of amides is 1. The predicted octanol–water partition coefficient (Wildman–Crippen LogP) is 3.84. The minimum absolute atomic E-state index is 0.133. The number of nitrogens with zero attached hydrogens (tertiary/aromatic N) is 4. The van der Waals surface area contributed by atoms with Crippen LogP contribution in [0.15, 0.2) is 89.3 Å². The van der Waals surface area contributed by atoms with E-state index in [2.05, 4.69) is 15.2 Å². The molecule has 1 aliphatic heterocycles. The summed E-state index contributed by atoms with van der Waals surface area (Å²) in [5.41, 5.74) is 4.77. The molecule has 132 valence electrons. The van der Waals surface area contributed by atoms with Gasteiger partial charge in [-0.1, -0.05) is 48.5 Å². The highest BCUT2D eigenvalue weighted by atomic mass is 16.2. The quantitative estimate of drug-likeness (QED) is 0.528. The van der Waals surface area contributed by atoms with Crippen LogP contribution in [0.1, 0.15) is 23.6 Å². The summed E-state index contributed by atoms with van der Waals surface area (Å²) in [4.78, 5) is 18.8. The number of hydrogen-bond acceptors (Lipinski definition) is 4. The minimum Gasteiger partial charge on any atom is -0.302 e. The van der Waals surface area contributed by atoms with Gasteiger partial charge in [-0.05, 0) is 30.7 Å². The van der Waals surface area contributed by atoms with Gasteiger partial charge in [0.1, 0.15) is 0 Å². The van der Waals surface area contributed by atoms with Gasteiger partial charge in [-0.15, -0.1) is 5.10 Å². The Morgan fingerprint density at radius 1 is 0.963 bits per heavy atom. The SMILES string of the molecule is C/C(=N/N=C1\C(=O)N(Cc2ccccc2)c2ccccc21)c1ccncc1. The molecule has 0 spiro atoms. The molecule has 1 aromatic heterocycles.